The first kappa shape index (κ1) is 39.3. The molecule has 8 bridgehead atoms. The average molecular weight is 833 g/mol. The van der Waals surface area contributed by atoms with Gasteiger partial charge < -0.3 is 9.97 Å². The minimum Gasteiger partial charge on any atom is -0.354 e. The lowest BCUT2D eigenvalue weighted by atomic mass is 10.0. The highest BCUT2D eigenvalue weighted by Gasteiger charge is 2.32. The van der Waals surface area contributed by atoms with Gasteiger partial charge in [0.2, 0.25) is 0 Å². The van der Waals surface area contributed by atoms with E-state index in [2.05, 4.69) is 9.97 Å². The molecule has 0 fully saturated rings. The second-order valence-corrected chi connectivity index (χ2v) is 14.6. The number of fused-ring (bicyclic) bond motifs is 8. The summed E-state index contributed by atoms with van der Waals surface area (Å²) < 4.78 is 124. The Morgan fingerprint density at radius 3 is 0.787 bits per heavy atom. The molecule has 4 aromatic carbocycles. The number of H-pyrrole nitrogens is 2. The fourth-order valence-corrected chi connectivity index (χ4v) is 7.62. The third-order valence-electron chi connectivity index (χ3n) is 10.6. The first-order valence-electron chi connectivity index (χ1n) is 18.8. The molecule has 5 heterocycles. The Labute approximate surface area is 341 Å². The average Bonchev–Trinajstić information content (AvgIpc) is 4.06. The molecule has 4 nitrogen and oxygen atoms in total. The topological polar surface area (TPSA) is 57.4 Å². The molecule has 0 spiro atoms. The van der Waals surface area contributed by atoms with E-state index in [1.807, 2.05) is 37.3 Å². The minimum absolute atomic E-state index is 0.322. The van der Waals surface area contributed by atoms with Gasteiger partial charge in [-0.15, -0.1) is 0 Å². The van der Waals surface area contributed by atoms with Gasteiger partial charge in [-0.2, -0.15) is 39.5 Å². The molecule has 0 amide bonds. The maximum absolute atomic E-state index is 13.7. The molecule has 0 saturated carbocycles. The summed E-state index contributed by atoms with van der Waals surface area (Å²) in [6, 6.07) is 28.7. The highest BCUT2D eigenvalue weighted by molar-refractivity contribution is 5.99. The number of aromatic amines is 2. The van der Waals surface area contributed by atoms with Crippen molar-refractivity contribution in [1.29, 1.82) is 0 Å². The molecular weight excluding hydrogens is 804 g/mol. The molecule has 3 aromatic heterocycles. The Bertz CT molecular complexity index is 3000. The molecule has 0 atom stereocenters. The Morgan fingerprint density at radius 1 is 0.328 bits per heavy atom. The van der Waals surface area contributed by atoms with Crippen molar-refractivity contribution in [3.63, 3.8) is 0 Å². The van der Waals surface area contributed by atoms with Crippen molar-refractivity contribution in [3.8, 4) is 44.5 Å². The van der Waals surface area contributed by atoms with Crippen molar-refractivity contribution in [1.82, 2.24) is 19.9 Å². The number of nitrogens with one attached hydrogen (secondary N) is 2. The zero-order chi connectivity index (χ0) is 42.8. The number of nitrogens with zero attached hydrogens (tertiary/aromatic N) is 2. The largest absolute Gasteiger partial charge is 0.416 e. The molecule has 2 aliphatic heterocycles. The summed E-state index contributed by atoms with van der Waals surface area (Å²) in [5.41, 5.74) is 5.92. The maximum Gasteiger partial charge on any atom is 0.416 e. The fourth-order valence-electron chi connectivity index (χ4n) is 7.62. The monoisotopic (exact) mass is 832 g/mol. The second kappa shape index (κ2) is 14.5. The Hall–Kier alpha value is -7.15. The number of halogens is 9. The normalized spacial score (nSPS) is 13.0. The van der Waals surface area contributed by atoms with Crippen LogP contribution in [0.25, 0.3) is 90.9 Å². The molecule has 7 aromatic rings. The predicted molar refractivity (Wildman–Crippen MR) is 220 cm³/mol. The van der Waals surface area contributed by atoms with Crippen LogP contribution in [-0.4, -0.2) is 19.9 Å². The van der Waals surface area contributed by atoms with Crippen LogP contribution in [0.15, 0.2) is 121 Å². The lowest BCUT2D eigenvalue weighted by Gasteiger charge is -2.10. The smallest absolute Gasteiger partial charge is 0.354 e. The van der Waals surface area contributed by atoms with E-state index in [1.165, 1.54) is 36.4 Å². The molecular formula is C48H29F9N4. The van der Waals surface area contributed by atoms with E-state index in [4.69, 9.17) is 9.97 Å². The number of hydrogen-bond acceptors (Lipinski definition) is 2. The van der Waals surface area contributed by atoms with Crippen LogP contribution in [0.4, 0.5) is 39.5 Å². The molecule has 0 unspecified atom stereocenters. The van der Waals surface area contributed by atoms with E-state index in [-0.39, 0.29) is 0 Å². The van der Waals surface area contributed by atoms with Gasteiger partial charge in [-0.3, -0.25) is 0 Å². The summed E-state index contributed by atoms with van der Waals surface area (Å²) >= 11 is 0. The highest BCUT2D eigenvalue weighted by atomic mass is 19.4. The fraction of sp³-hybridized carbons (Fsp3) is 0.0833. The number of hydrogen-bond donors (Lipinski definition) is 2. The van der Waals surface area contributed by atoms with E-state index < -0.39 is 35.2 Å². The molecule has 9 rings (SSSR count). The van der Waals surface area contributed by atoms with Gasteiger partial charge in [0.25, 0.3) is 0 Å². The van der Waals surface area contributed by atoms with Crippen LogP contribution in [0.1, 0.15) is 45.0 Å². The summed E-state index contributed by atoms with van der Waals surface area (Å²) in [7, 11) is 0. The quantitative estimate of drug-likeness (QED) is 0.174. The standard InChI is InChI=1S/C48H29F9N4/c1-26-2-4-27(5-3-26)42-34-18-20-36(58-34)43(28-6-12-31(13-7-28)46(49,50)51)38-22-24-40(60-38)45(30-10-16-33(17-11-30)48(55,56)57)41-25-23-39(61-41)44(37-21-19-35(42)59-37)29-8-14-32(15-9-29)47(52,53)54/h2-25,58,61H,1H3. The van der Waals surface area contributed by atoms with Crippen LogP contribution in [0.2, 0.25) is 0 Å². The lowest BCUT2D eigenvalue weighted by Crippen LogP contribution is -2.04. The van der Waals surface area contributed by atoms with E-state index in [0.717, 1.165) is 47.5 Å². The van der Waals surface area contributed by atoms with Crippen LogP contribution in [0.5, 0.6) is 0 Å². The number of benzene rings is 4. The van der Waals surface area contributed by atoms with Crippen LogP contribution >= 0.6 is 0 Å². The predicted octanol–water partition coefficient (Wildman–Crippen LogP) is 14.7. The number of aryl methyl sites for hydroxylation is 1. The molecule has 0 saturated heterocycles. The van der Waals surface area contributed by atoms with Crippen molar-refractivity contribution in [3.05, 3.63) is 166 Å². The zero-order valence-corrected chi connectivity index (χ0v) is 31.7. The molecule has 13 heteroatoms. The van der Waals surface area contributed by atoms with Gasteiger partial charge in [0, 0.05) is 44.3 Å². The summed E-state index contributed by atoms with van der Waals surface area (Å²) in [5.74, 6) is 0. The van der Waals surface area contributed by atoms with Gasteiger partial charge in [0.1, 0.15) is 0 Å². The Kier molecular flexibility index (Phi) is 9.37. The Morgan fingerprint density at radius 2 is 0.557 bits per heavy atom. The van der Waals surface area contributed by atoms with Gasteiger partial charge >= 0.3 is 18.5 Å². The lowest BCUT2D eigenvalue weighted by molar-refractivity contribution is -0.138. The van der Waals surface area contributed by atoms with Crippen molar-refractivity contribution in [2.24, 2.45) is 0 Å². The van der Waals surface area contributed by atoms with E-state index in [0.29, 0.717) is 83.8 Å². The molecule has 304 valence electrons. The summed E-state index contributed by atoms with van der Waals surface area (Å²) in [5, 5.41) is 0. The third-order valence-corrected chi connectivity index (χ3v) is 10.6. The zero-order valence-electron chi connectivity index (χ0n) is 31.7. The van der Waals surface area contributed by atoms with Crippen LogP contribution in [-0.2, 0) is 18.5 Å². The summed E-state index contributed by atoms with van der Waals surface area (Å²) in [4.78, 5) is 16.9. The molecule has 0 aliphatic carbocycles. The first-order chi connectivity index (χ1) is 29.0. The highest BCUT2D eigenvalue weighted by Crippen LogP contribution is 2.41. The molecule has 2 N–H and O–H groups in total. The first-order valence-corrected chi connectivity index (χ1v) is 18.8. The molecule has 61 heavy (non-hydrogen) atoms. The minimum atomic E-state index is -4.61. The second-order valence-electron chi connectivity index (χ2n) is 14.6. The van der Waals surface area contributed by atoms with E-state index in [9.17, 15) is 39.5 Å². The van der Waals surface area contributed by atoms with Gasteiger partial charge in [-0.1, -0.05) is 66.2 Å². The van der Waals surface area contributed by atoms with E-state index >= 15 is 0 Å². The van der Waals surface area contributed by atoms with E-state index in [1.54, 1.807) is 42.5 Å². The van der Waals surface area contributed by atoms with Gasteiger partial charge in [-0.25, -0.2) is 9.97 Å². The number of alkyl halides is 9. The maximum atomic E-state index is 13.7. The third kappa shape index (κ3) is 7.51. The summed E-state index contributed by atoms with van der Waals surface area (Å²) in [6.07, 6.45) is -6.87. The van der Waals surface area contributed by atoms with Crippen molar-refractivity contribution in [2.75, 3.05) is 0 Å². The van der Waals surface area contributed by atoms with Gasteiger partial charge in [0.15, 0.2) is 0 Å². The summed E-state index contributed by atoms with van der Waals surface area (Å²) in [6.45, 7) is 1.95. The Balaban J connectivity index is 1.42. The SMILES string of the molecule is Cc1ccc(-c2c3nc(c(-c4ccc(C(F)(F)F)cc4)c4ccc([nH]4)c(-c4ccc(C(F)(F)F)cc4)c4nc(c(-c5ccc(C(F)(F)F)cc5)c5ccc2[nH]5)C=C4)C=C3)cc1. The van der Waals surface area contributed by atoms with Crippen LogP contribution < -0.4 is 0 Å². The van der Waals surface area contributed by atoms with Gasteiger partial charge in [0.05, 0.1) is 39.5 Å². The van der Waals surface area contributed by atoms with Gasteiger partial charge in [-0.05, 0) is 114 Å². The van der Waals surface area contributed by atoms with Crippen LogP contribution in [0.3, 0.4) is 0 Å². The number of rotatable bonds is 4. The molecule has 0 radical (unpaired) electrons. The van der Waals surface area contributed by atoms with Crippen molar-refractivity contribution in [2.45, 2.75) is 25.5 Å². The van der Waals surface area contributed by atoms with Crippen molar-refractivity contribution >= 4 is 46.4 Å². The van der Waals surface area contributed by atoms with Crippen LogP contribution in [0, 0.1) is 6.92 Å². The van der Waals surface area contributed by atoms with Crippen molar-refractivity contribution < 1.29 is 39.5 Å². The number of aromatic nitrogens is 4. The molecule has 2 aliphatic rings.